The van der Waals surface area contributed by atoms with E-state index in [1.54, 1.807) is 6.20 Å². The lowest BCUT2D eigenvalue weighted by atomic mass is 10.1. The van der Waals surface area contributed by atoms with Gasteiger partial charge in [-0.15, -0.1) is 0 Å². The first kappa shape index (κ1) is 12.1. The fourth-order valence-electron chi connectivity index (χ4n) is 2.61. The van der Waals surface area contributed by atoms with E-state index in [1.165, 1.54) is 18.4 Å². The summed E-state index contributed by atoms with van der Waals surface area (Å²) in [7, 11) is 0. The SMILES string of the molecule is Cc1cnn(C2CCCN(c3cncc(C)n3)C2)c1. The number of aromatic nitrogens is 4. The highest BCUT2D eigenvalue weighted by molar-refractivity contribution is 5.37. The molecule has 0 bridgehead atoms. The molecule has 5 nitrogen and oxygen atoms in total. The average Bonchev–Trinajstić information content (AvgIpc) is 2.86. The molecular weight excluding hydrogens is 238 g/mol. The van der Waals surface area contributed by atoms with E-state index >= 15 is 0 Å². The molecule has 0 amide bonds. The van der Waals surface area contributed by atoms with Gasteiger partial charge < -0.3 is 4.90 Å². The molecule has 1 unspecified atom stereocenters. The minimum Gasteiger partial charge on any atom is -0.353 e. The first-order valence-electron chi connectivity index (χ1n) is 6.77. The van der Waals surface area contributed by atoms with E-state index in [1.807, 2.05) is 19.3 Å². The first-order chi connectivity index (χ1) is 9.22. The van der Waals surface area contributed by atoms with Crippen molar-refractivity contribution in [3.63, 3.8) is 0 Å². The maximum Gasteiger partial charge on any atom is 0.147 e. The Hall–Kier alpha value is -1.91. The number of piperidine rings is 1. The number of hydrogen-bond acceptors (Lipinski definition) is 4. The maximum absolute atomic E-state index is 4.56. The molecule has 0 saturated carbocycles. The fourth-order valence-corrected chi connectivity index (χ4v) is 2.61. The van der Waals surface area contributed by atoms with Crippen LogP contribution >= 0.6 is 0 Å². The quantitative estimate of drug-likeness (QED) is 0.827. The lowest BCUT2D eigenvalue weighted by molar-refractivity contribution is 0.374. The third kappa shape index (κ3) is 2.59. The molecule has 19 heavy (non-hydrogen) atoms. The van der Waals surface area contributed by atoms with Crippen LogP contribution in [0.2, 0.25) is 0 Å². The van der Waals surface area contributed by atoms with Gasteiger partial charge in [0.1, 0.15) is 5.82 Å². The normalized spacial score (nSPS) is 19.7. The van der Waals surface area contributed by atoms with Crippen LogP contribution in [-0.4, -0.2) is 32.8 Å². The monoisotopic (exact) mass is 257 g/mol. The van der Waals surface area contributed by atoms with Crippen molar-refractivity contribution in [3.05, 3.63) is 36.0 Å². The first-order valence-corrected chi connectivity index (χ1v) is 6.77. The second kappa shape index (κ2) is 4.99. The van der Waals surface area contributed by atoms with Gasteiger partial charge in [-0.3, -0.25) is 9.67 Å². The lowest BCUT2D eigenvalue weighted by Gasteiger charge is -2.33. The summed E-state index contributed by atoms with van der Waals surface area (Å²) in [6.07, 6.45) is 10.0. The van der Waals surface area contributed by atoms with Crippen LogP contribution in [-0.2, 0) is 0 Å². The van der Waals surface area contributed by atoms with E-state index in [-0.39, 0.29) is 0 Å². The molecular formula is C14H19N5. The second-order valence-corrected chi connectivity index (χ2v) is 5.26. The molecule has 100 valence electrons. The minimum atomic E-state index is 0.435. The van der Waals surface area contributed by atoms with Crippen molar-refractivity contribution in [1.82, 2.24) is 19.7 Å². The Labute approximate surface area is 113 Å². The molecule has 1 atom stereocenters. The molecule has 0 N–H and O–H groups in total. The molecule has 0 aliphatic carbocycles. The number of aryl methyl sites for hydroxylation is 2. The molecule has 1 saturated heterocycles. The van der Waals surface area contributed by atoms with Crippen molar-refractivity contribution < 1.29 is 0 Å². The van der Waals surface area contributed by atoms with Crippen LogP contribution < -0.4 is 4.90 Å². The predicted octanol–water partition coefficient (Wildman–Crippen LogP) is 2.13. The molecule has 5 heteroatoms. The smallest absolute Gasteiger partial charge is 0.147 e. The van der Waals surface area contributed by atoms with Crippen molar-refractivity contribution in [2.45, 2.75) is 32.7 Å². The molecule has 3 rings (SSSR count). The van der Waals surface area contributed by atoms with Gasteiger partial charge in [-0.25, -0.2) is 4.98 Å². The average molecular weight is 257 g/mol. The molecule has 0 radical (unpaired) electrons. The Kier molecular flexibility index (Phi) is 3.19. The summed E-state index contributed by atoms with van der Waals surface area (Å²) in [5.41, 5.74) is 2.18. The largest absolute Gasteiger partial charge is 0.353 e. The predicted molar refractivity (Wildman–Crippen MR) is 74.2 cm³/mol. The summed E-state index contributed by atoms with van der Waals surface area (Å²) >= 11 is 0. The van der Waals surface area contributed by atoms with Crippen LogP contribution in [0.25, 0.3) is 0 Å². The van der Waals surface area contributed by atoms with Crippen LogP contribution in [0, 0.1) is 13.8 Å². The van der Waals surface area contributed by atoms with Gasteiger partial charge in [-0.05, 0) is 32.3 Å². The van der Waals surface area contributed by atoms with Gasteiger partial charge >= 0.3 is 0 Å². The summed E-state index contributed by atoms with van der Waals surface area (Å²) < 4.78 is 2.09. The van der Waals surface area contributed by atoms with Crippen molar-refractivity contribution in [2.24, 2.45) is 0 Å². The highest BCUT2D eigenvalue weighted by Crippen LogP contribution is 2.24. The second-order valence-electron chi connectivity index (χ2n) is 5.26. The fraction of sp³-hybridized carbons (Fsp3) is 0.500. The Balaban J connectivity index is 1.78. The molecule has 3 heterocycles. The van der Waals surface area contributed by atoms with Crippen LogP contribution in [0.1, 0.15) is 30.1 Å². The van der Waals surface area contributed by atoms with E-state index < -0.39 is 0 Å². The van der Waals surface area contributed by atoms with Crippen LogP contribution in [0.15, 0.2) is 24.8 Å². The molecule has 0 aromatic carbocycles. The minimum absolute atomic E-state index is 0.435. The number of nitrogens with zero attached hydrogens (tertiary/aromatic N) is 5. The maximum atomic E-state index is 4.56. The van der Waals surface area contributed by atoms with Gasteiger partial charge in [0, 0.05) is 25.5 Å². The third-order valence-electron chi connectivity index (χ3n) is 3.57. The van der Waals surface area contributed by atoms with Crippen molar-refractivity contribution in [2.75, 3.05) is 18.0 Å². The van der Waals surface area contributed by atoms with Crippen molar-refractivity contribution in [1.29, 1.82) is 0 Å². The summed E-state index contributed by atoms with van der Waals surface area (Å²) in [5.74, 6) is 0.980. The van der Waals surface area contributed by atoms with Crippen LogP contribution in [0.5, 0.6) is 0 Å². The number of rotatable bonds is 2. The zero-order valence-corrected chi connectivity index (χ0v) is 11.5. The lowest BCUT2D eigenvalue weighted by Crippen LogP contribution is -2.37. The zero-order valence-electron chi connectivity index (χ0n) is 11.5. The van der Waals surface area contributed by atoms with Gasteiger partial charge in [0.15, 0.2) is 0 Å². The molecule has 2 aromatic rings. The highest BCUT2D eigenvalue weighted by Gasteiger charge is 2.22. The highest BCUT2D eigenvalue weighted by atomic mass is 15.3. The van der Waals surface area contributed by atoms with Gasteiger partial charge in [0.05, 0.1) is 24.1 Å². The summed E-state index contributed by atoms with van der Waals surface area (Å²) in [5, 5.41) is 4.44. The number of hydrogen-bond donors (Lipinski definition) is 0. The summed E-state index contributed by atoms with van der Waals surface area (Å²) in [6.45, 7) is 6.07. The van der Waals surface area contributed by atoms with Gasteiger partial charge in [0.25, 0.3) is 0 Å². The van der Waals surface area contributed by atoms with Gasteiger partial charge in [0.2, 0.25) is 0 Å². The Morgan fingerprint density at radius 1 is 1.21 bits per heavy atom. The van der Waals surface area contributed by atoms with Crippen LogP contribution in [0.4, 0.5) is 5.82 Å². The van der Waals surface area contributed by atoms with E-state index in [0.717, 1.165) is 24.6 Å². The van der Waals surface area contributed by atoms with E-state index in [9.17, 15) is 0 Å². The molecule has 1 aliphatic heterocycles. The van der Waals surface area contributed by atoms with Crippen molar-refractivity contribution in [3.8, 4) is 0 Å². The third-order valence-corrected chi connectivity index (χ3v) is 3.57. The summed E-state index contributed by atoms with van der Waals surface area (Å²) in [4.78, 5) is 11.1. The number of anilines is 1. The van der Waals surface area contributed by atoms with Crippen molar-refractivity contribution >= 4 is 5.82 Å². The Bertz CT molecular complexity index is 562. The Morgan fingerprint density at radius 2 is 2.11 bits per heavy atom. The van der Waals surface area contributed by atoms with E-state index in [4.69, 9.17) is 0 Å². The topological polar surface area (TPSA) is 46.8 Å². The zero-order chi connectivity index (χ0) is 13.2. The molecule has 0 spiro atoms. The van der Waals surface area contributed by atoms with E-state index in [2.05, 4.69) is 37.8 Å². The Morgan fingerprint density at radius 3 is 2.84 bits per heavy atom. The van der Waals surface area contributed by atoms with Gasteiger partial charge in [-0.1, -0.05) is 0 Å². The standard InChI is InChI=1S/C14H19N5/c1-11-6-16-19(9-11)13-4-3-5-18(10-13)14-8-15-7-12(2)17-14/h6-9,13H,3-5,10H2,1-2H3. The van der Waals surface area contributed by atoms with Gasteiger partial charge in [-0.2, -0.15) is 5.10 Å². The molecule has 1 fully saturated rings. The van der Waals surface area contributed by atoms with Crippen LogP contribution in [0.3, 0.4) is 0 Å². The van der Waals surface area contributed by atoms with E-state index in [0.29, 0.717) is 6.04 Å². The molecule has 1 aliphatic rings. The summed E-state index contributed by atoms with van der Waals surface area (Å²) in [6, 6.07) is 0.435. The molecule has 2 aromatic heterocycles.